The minimum atomic E-state index is -0.290. The molecule has 0 radical (unpaired) electrons. The molecule has 156 valence electrons. The van der Waals surface area contributed by atoms with Crippen molar-refractivity contribution in [2.24, 2.45) is 5.92 Å². The average molecular weight is 401 g/mol. The molecule has 2 unspecified atom stereocenters. The van der Waals surface area contributed by atoms with Gasteiger partial charge in [-0.25, -0.2) is 0 Å². The average Bonchev–Trinajstić information content (AvgIpc) is 2.95. The van der Waals surface area contributed by atoms with E-state index in [1.165, 1.54) is 14.0 Å². The smallest absolute Gasteiger partial charge is 0.220 e. The van der Waals surface area contributed by atoms with Crippen molar-refractivity contribution in [2.45, 2.75) is 31.7 Å². The predicted molar refractivity (Wildman–Crippen MR) is 107 cm³/mol. The van der Waals surface area contributed by atoms with Crippen LogP contribution < -0.4 is 15.5 Å². The lowest BCUT2D eigenvalue weighted by atomic mass is 9.79. The summed E-state index contributed by atoms with van der Waals surface area (Å²) in [5.74, 6) is 1.76. The highest BCUT2D eigenvalue weighted by Crippen LogP contribution is 2.48. The lowest BCUT2D eigenvalue weighted by molar-refractivity contribution is -0.119. The van der Waals surface area contributed by atoms with E-state index in [2.05, 4.69) is 5.32 Å². The molecule has 0 spiro atoms. The number of rotatable bonds is 5. The minimum absolute atomic E-state index is 0.0554. The zero-order valence-corrected chi connectivity index (χ0v) is 17.4. The van der Waals surface area contributed by atoms with E-state index in [1.54, 1.807) is 33.5 Å². The molecule has 1 aromatic rings. The van der Waals surface area contributed by atoms with E-state index in [0.29, 0.717) is 23.7 Å². The molecule has 1 aromatic carbocycles. The van der Waals surface area contributed by atoms with Crippen LogP contribution in [0.2, 0.25) is 0 Å². The number of fused-ring (bicyclic) bond motifs is 3. The molecule has 1 N–H and O–H groups in total. The summed E-state index contributed by atoms with van der Waals surface area (Å²) in [6, 6.07) is 4.82. The molecule has 7 nitrogen and oxygen atoms in total. The van der Waals surface area contributed by atoms with Crippen LogP contribution in [-0.4, -0.2) is 34.3 Å². The summed E-state index contributed by atoms with van der Waals surface area (Å²) in [5.41, 5.74) is 1.42. The molecule has 0 saturated carbocycles. The maximum Gasteiger partial charge on any atom is 0.220 e. The van der Waals surface area contributed by atoms with Crippen molar-refractivity contribution < 1.29 is 23.7 Å². The second kappa shape index (κ2) is 8.59. The summed E-state index contributed by atoms with van der Waals surface area (Å²) in [5, 5.41) is 2.99. The lowest BCUT2D eigenvalue weighted by Gasteiger charge is -2.31. The highest BCUT2D eigenvalue weighted by atomic mass is 16.5. The fraction of sp³-hybridized carbons (Fsp3) is 0.455. The number of carbonyl (C=O) groups excluding carboxylic acids is 1. The van der Waals surface area contributed by atoms with E-state index in [4.69, 9.17) is 18.9 Å². The van der Waals surface area contributed by atoms with Crippen LogP contribution in [0.4, 0.5) is 0 Å². The summed E-state index contributed by atoms with van der Waals surface area (Å²) in [6.07, 6.45) is 3.48. The van der Waals surface area contributed by atoms with Gasteiger partial charge in [-0.2, -0.15) is 0 Å². The van der Waals surface area contributed by atoms with Crippen molar-refractivity contribution in [3.05, 3.63) is 62.9 Å². The van der Waals surface area contributed by atoms with Crippen LogP contribution >= 0.6 is 0 Å². The second-order valence-electron chi connectivity index (χ2n) is 7.13. The molecule has 0 aromatic heterocycles. The molecule has 0 aliphatic heterocycles. The molecular formula is C22H27NO6. The van der Waals surface area contributed by atoms with Crippen LogP contribution in [0.5, 0.6) is 5.75 Å². The lowest BCUT2D eigenvalue weighted by Crippen LogP contribution is -2.26. The van der Waals surface area contributed by atoms with Gasteiger partial charge in [0.25, 0.3) is 0 Å². The molecular weight excluding hydrogens is 374 g/mol. The van der Waals surface area contributed by atoms with Crippen LogP contribution in [0.1, 0.15) is 42.9 Å². The van der Waals surface area contributed by atoms with Gasteiger partial charge in [-0.1, -0.05) is 6.07 Å². The Morgan fingerprint density at radius 2 is 1.76 bits per heavy atom. The largest absolute Gasteiger partial charge is 0.496 e. The van der Waals surface area contributed by atoms with Gasteiger partial charge in [-0.05, 0) is 48.1 Å². The summed E-state index contributed by atoms with van der Waals surface area (Å²) < 4.78 is 22.1. The fourth-order valence-corrected chi connectivity index (χ4v) is 4.33. The first-order valence-corrected chi connectivity index (χ1v) is 9.52. The van der Waals surface area contributed by atoms with Crippen molar-refractivity contribution >= 4 is 5.91 Å². The highest BCUT2D eigenvalue weighted by Gasteiger charge is 2.40. The number of amides is 1. The third-order valence-electron chi connectivity index (χ3n) is 5.54. The number of ether oxygens (including phenoxy) is 4. The molecule has 0 heterocycles. The van der Waals surface area contributed by atoms with E-state index in [9.17, 15) is 9.59 Å². The number of methoxy groups -OCH3 is 4. The van der Waals surface area contributed by atoms with Crippen molar-refractivity contribution in [3.63, 3.8) is 0 Å². The minimum Gasteiger partial charge on any atom is -0.496 e. The molecule has 2 aliphatic rings. The third kappa shape index (κ3) is 3.81. The molecule has 7 heteroatoms. The van der Waals surface area contributed by atoms with Gasteiger partial charge in [0.05, 0.1) is 40.4 Å². The molecule has 0 fully saturated rings. The van der Waals surface area contributed by atoms with Gasteiger partial charge in [0, 0.05) is 6.92 Å². The first-order chi connectivity index (χ1) is 13.9. The van der Waals surface area contributed by atoms with Crippen molar-refractivity contribution in [1.82, 2.24) is 5.32 Å². The quantitative estimate of drug-likeness (QED) is 0.817. The Hall–Kier alpha value is -2.96. The Balaban J connectivity index is 2.29. The normalized spacial score (nSPS) is 23.1. The van der Waals surface area contributed by atoms with Gasteiger partial charge in [0.2, 0.25) is 11.3 Å². The number of allylic oxidation sites excluding steroid dienone is 2. The van der Waals surface area contributed by atoms with E-state index in [1.807, 2.05) is 12.1 Å². The Bertz CT molecular complexity index is 920. The predicted octanol–water partition coefficient (Wildman–Crippen LogP) is 2.77. The number of nitrogens with one attached hydrogen (secondary N) is 1. The van der Waals surface area contributed by atoms with Crippen LogP contribution in [-0.2, 0) is 19.0 Å². The van der Waals surface area contributed by atoms with Gasteiger partial charge in [0.1, 0.15) is 5.76 Å². The van der Waals surface area contributed by atoms with Gasteiger partial charge in [-0.3, -0.25) is 9.59 Å². The van der Waals surface area contributed by atoms with Crippen molar-refractivity contribution in [1.29, 1.82) is 0 Å². The zero-order valence-electron chi connectivity index (χ0n) is 17.4. The standard InChI is InChI=1S/C22H27NO6/c1-12(24)23-16-8-6-13-10-19(27-3)21(28-4)22(29-5)20(13)14-7-9-18(26-2)17(25)11-15(14)16/h7,9-11,13,16,20H,6,8H2,1-5H3,(H,23,24)/t13?,16-,20?/m0/s1. The third-order valence-corrected chi connectivity index (χ3v) is 5.54. The van der Waals surface area contributed by atoms with E-state index < -0.39 is 0 Å². The molecule has 0 saturated heterocycles. The summed E-state index contributed by atoms with van der Waals surface area (Å²) >= 11 is 0. The van der Waals surface area contributed by atoms with Gasteiger partial charge < -0.3 is 24.3 Å². The van der Waals surface area contributed by atoms with Crippen LogP contribution in [0.15, 0.2) is 46.3 Å². The van der Waals surface area contributed by atoms with Crippen LogP contribution in [0, 0.1) is 5.92 Å². The first kappa shape index (κ1) is 20.8. The molecule has 3 rings (SSSR count). The fourth-order valence-electron chi connectivity index (χ4n) is 4.33. The van der Waals surface area contributed by atoms with Crippen molar-refractivity contribution in [3.8, 4) is 5.75 Å². The van der Waals surface area contributed by atoms with Gasteiger partial charge in [0.15, 0.2) is 17.3 Å². The first-order valence-electron chi connectivity index (χ1n) is 9.52. The Kier molecular flexibility index (Phi) is 6.15. The summed E-state index contributed by atoms with van der Waals surface area (Å²) in [7, 11) is 6.23. The van der Waals surface area contributed by atoms with Crippen molar-refractivity contribution in [2.75, 3.05) is 28.4 Å². The van der Waals surface area contributed by atoms with E-state index in [0.717, 1.165) is 17.5 Å². The Morgan fingerprint density at radius 1 is 1.00 bits per heavy atom. The zero-order chi connectivity index (χ0) is 21.1. The molecule has 0 bridgehead atoms. The van der Waals surface area contributed by atoms with E-state index >= 15 is 0 Å². The molecule has 29 heavy (non-hydrogen) atoms. The second-order valence-corrected chi connectivity index (χ2v) is 7.13. The maximum atomic E-state index is 12.7. The van der Waals surface area contributed by atoms with Crippen LogP contribution in [0.3, 0.4) is 0 Å². The monoisotopic (exact) mass is 401 g/mol. The summed E-state index contributed by atoms with van der Waals surface area (Å²) in [4.78, 5) is 24.5. The maximum absolute atomic E-state index is 12.7. The number of carbonyl (C=O) groups is 1. The van der Waals surface area contributed by atoms with Gasteiger partial charge >= 0.3 is 0 Å². The highest BCUT2D eigenvalue weighted by molar-refractivity contribution is 5.73. The number of hydrogen-bond donors (Lipinski definition) is 1. The van der Waals surface area contributed by atoms with Crippen LogP contribution in [0.25, 0.3) is 0 Å². The molecule has 3 atom stereocenters. The molecule has 2 aliphatic carbocycles. The summed E-state index contributed by atoms with van der Waals surface area (Å²) in [6.45, 7) is 1.48. The van der Waals surface area contributed by atoms with E-state index in [-0.39, 0.29) is 35.0 Å². The van der Waals surface area contributed by atoms with Gasteiger partial charge in [-0.15, -0.1) is 0 Å². The molecule has 1 amide bonds. The Labute approximate surface area is 170 Å². The number of hydrogen-bond acceptors (Lipinski definition) is 6. The Morgan fingerprint density at radius 3 is 2.34 bits per heavy atom. The topological polar surface area (TPSA) is 83.1 Å². The SMILES string of the molecule is COC1=CC2CC[C@H](NC(C)=O)c3cc(=O)c(OC)ccc3C2C(OC)=C1OC.